The third-order valence-electron chi connectivity index (χ3n) is 4.97. The Morgan fingerprint density at radius 3 is 2.65 bits per heavy atom. The van der Waals surface area contributed by atoms with Crippen LogP contribution in [0.15, 0.2) is 0 Å². The van der Waals surface area contributed by atoms with Gasteiger partial charge in [-0.1, -0.05) is 12.8 Å². The second kappa shape index (κ2) is 7.23. The number of hydrogen-bond acceptors (Lipinski definition) is 4. The average molecular weight is 302 g/mol. The second-order valence-electron chi connectivity index (χ2n) is 6.59. The molecule has 4 nitrogen and oxygen atoms in total. The van der Waals surface area contributed by atoms with Gasteiger partial charge in [-0.2, -0.15) is 0 Å². The monoisotopic (exact) mass is 302 g/mol. The van der Waals surface area contributed by atoms with Crippen LogP contribution in [0.1, 0.15) is 51.9 Å². The lowest BCUT2D eigenvalue weighted by Gasteiger charge is -2.33. The highest BCUT2D eigenvalue weighted by molar-refractivity contribution is 7.91. The average Bonchev–Trinajstić information content (AvgIpc) is 2.85. The molecule has 1 aliphatic carbocycles. The first-order valence-corrected chi connectivity index (χ1v) is 10.1. The number of likely N-dealkylation sites (tertiary alicyclic amines) is 1. The van der Waals surface area contributed by atoms with Crippen molar-refractivity contribution in [1.82, 2.24) is 10.2 Å². The lowest BCUT2D eigenvalue weighted by atomic mass is 10.0. The van der Waals surface area contributed by atoms with Gasteiger partial charge in [0, 0.05) is 18.3 Å². The predicted molar refractivity (Wildman–Crippen MR) is 83.8 cm³/mol. The second-order valence-corrected chi connectivity index (χ2v) is 8.86. The number of rotatable bonds is 6. The molecule has 0 aromatic heterocycles. The van der Waals surface area contributed by atoms with Crippen LogP contribution in [0.2, 0.25) is 0 Å². The largest absolute Gasteiger partial charge is 0.313 e. The van der Waals surface area contributed by atoms with Crippen molar-refractivity contribution in [3.63, 3.8) is 0 Å². The summed E-state index contributed by atoms with van der Waals surface area (Å²) in [6.07, 6.45) is 9.41. The van der Waals surface area contributed by atoms with E-state index in [1.54, 1.807) is 0 Å². The van der Waals surface area contributed by atoms with E-state index in [0.29, 0.717) is 0 Å². The Morgan fingerprint density at radius 1 is 1.15 bits per heavy atom. The van der Waals surface area contributed by atoms with E-state index in [2.05, 4.69) is 17.1 Å². The fraction of sp³-hybridized carbons (Fsp3) is 1.00. The van der Waals surface area contributed by atoms with Gasteiger partial charge in [0.1, 0.15) is 0 Å². The number of hydrogen-bond donors (Lipinski definition) is 1. The van der Waals surface area contributed by atoms with Crippen molar-refractivity contribution in [2.45, 2.75) is 69.2 Å². The highest BCUT2D eigenvalue weighted by Gasteiger charge is 2.34. The van der Waals surface area contributed by atoms with Gasteiger partial charge in [-0.25, -0.2) is 8.42 Å². The van der Waals surface area contributed by atoms with Gasteiger partial charge >= 0.3 is 0 Å². The molecular formula is C15H30N2O2S. The Bertz CT molecular complexity index is 397. The molecule has 3 unspecified atom stereocenters. The predicted octanol–water partition coefficient (Wildman–Crippen LogP) is 1.81. The molecule has 0 radical (unpaired) electrons. The van der Waals surface area contributed by atoms with Gasteiger partial charge in [-0.15, -0.1) is 0 Å². The summed E-state index contributed by atoms with van der Waals surface area (Å²) in [5.74, 6) is 0. The Hall–Kier alpha value is -0.130. The van der Waals surface area contributed by atoms with Crippen LogP contribution >= 0.6 is 0 Å². The molecule has 1 heterocycles. The standard InChI is InChI=1S/C15H30N2O2S/c1-13-7-3-4-11-17(13)12-6-10-16-14-8-5-9-15(14)20(2,18)19/h13-16H,3-12H2,1-2H3. The fourth-order valence-electron chi connectivity index (χ4n) is 3.73. The van der Waals surface area contributed by atoms with Crippen molar-refractivity contribution in [2.75, 3.05) is 25.9 Å². The van der Waals surface area contributed by atoms with Gasteiger partial charge in [0.2, 0.25) is 0 Å². The molecule has 2 aliphatic rings. The molecule has 3 atom stereocenters. The summed E-state index contributed by atoms with van der Waals surface area (Å²) in [7, 11) is -2.89. The van der Waals surface area contributed by atoms with Crippen molar-refractivity contribution >= 4 is 9.84 Å². The first kappa shape index (κ1) is 16.2. The maximum absolute atomic E-state index is 11.7. The Balaban J connectivity index is 1.68. The normalized spacial score (nSPS) is 32.6. The third-order valence-corrected chi connectivity index (χ3v) is 6.64. The molecule has 118 valence electrons. The van der Waals surface area contributed by atoms with E-state index in [1.807, 2.05) is 0 Å². The van der Waals surface area contributed by atoms with E-state index in [1.165, 1.54) is 32.1 Å². The molecule has 1 saturated heterocycles. The molecule has 2 rings (SSSR count). The quantitative estimate of drug-likeness (QED) is 0.760. The Kier molecular flexibility index (Phi) is 5.87. The molecule has 0 aromatic carbocycles. The first-order chi connectivity index (χ1) is 9.48. The number of nitrogens with zero attached hydrogens (tertiary/aromatic N) is 1. The summed E-state index contributed by atoms with van der Waals surface area (Å²) in [6.45, 7) is 5.64. The molecular weight excluding hydrogens is 272 g/mol. The molecule has 0 aromatic rings. The van der Waals surface area contributed by atoms with E-state index in [-0.39, 0.29) is 11.3 Å². The van der Waals surface area contributed by atoms with Gasteiger partial charge in [0.05, 0.1) is 5.25 Å². The molecule has 20 heavy (non-hydrogen) atoms. The van der Waals surface area contributed by atoms with Crippen molar-refractivity contribution in [3.05, 3.63) is 0 Å². The topological polar surface area (TPSA) is 49.4 Å². The molecule has 2 fully saturated rings. The van der Waals surface area contributed by atoms with E-state index >= 15 is 0 Å². The van der Waals surface area contributed by atoms with Crippen LogP contribution in [0.4, 0.5) is 0 Å². The summed E-state index contributed by atoms with van der Waals surface area (Å²) < 4.78 is 23.4. The number of sulfone groups is 1. The van der Waals surface area contributed by atoms with Gasteiger partial charge in [-0.05, 0) is 58.7 Å². The summed E-state index contributed by atoms with van der Waals surface area (Å²) in [5, 5.41) is 3.33. The Morgan fingerprint density at radius 2 is 1.95 bits per heavy atom. The third kappa shape index (κ3) is 4.43. The zero-order valence-electron chi connectivity index (χ0n) is 13.0. The molecule has 1 saturated carbocycles. The molecule has 1 aliphatic heterocycles. The van der Waals surface area contributed by atoms with Crippen LogP contribution in [0.3, 0.4) is 0 Å². The number of nitrogens with one attached hydrogen (secondary N) is 1. The van der Waals surface area contributed by atoms with Crippen LogP contribution in [0, 0.1) is 0 Å². The van der Waals surface area contributed by atoms with Gasteiger partial charge in [0.15, 0.2) is 9.84 Å². The van der Waals surface area contributed by atoms with Crippen LogP contribution in [-0.2, 0) is 9.84 Å². The minimum absolute atomic E-state index is 0.156. The Labute approximate surface area is 124 Å². The van der Waals surface area contributed by atoms with Crippen LogP contribution < -0.4 is 5.32 Å². The van der Waals surface area contributed by atoms with E-state index in [4.69, 9.17) is 0 Å². The van der Waals surface area contributed by atoms with Crippen molar-refractivity contribution in [2.24, 2.45) is 0 Å². The fourth-order valence-corrected chi connectivity index (χ4v) is 5.16. The van der Waals surface area contributed by atoms with Gasteiger partial charge in [-0.3, -0.25) is 0 Å². The lowest BCUT2D eigenvalue weighted by Crippen LogP contribution is -2.42. The van der Waals surface area contributed by atoms with E-state index in [0.717, 1.165) is 44.8 Å². The zero-order chi connectivity index (χ0) is 14.6. The smallest absolute Gasteiger partial charge is 0.151 e. The van der Waals surface area contributed by atoms with Gasteiger partial charge < -0.3 is 10.2 Å². The summed E-state index contributed by atoms with van der Waals surface area (Å²) in [4.78, 5) is 2.58. The number of piperidine rings is 1. The molecule has 0 amide bonds. The zero-order valence-corrected chi connectivity index (χ0v) is 13.8. The van der Waals surface area contributed by atoms with Crippen LogP contribution in [0.5, 0.6) is 0 Å². The maximum atomic E-state index is 11.7. The molecule has 1 N–H and O–H groups in total. The van der Waals surface area contributed by atoms with E-state index in [9.17, 15) is 8.42 Å². The minimum Gasteiger partial charge on any atom is -0.313 e. The lowest BCUT2D eigenvalue weighted by molar-refractivity contribution is 0.158. The highest BCUT2D eigenvalue weighted by Crippen LogP contribution is 2.25. The summed E-state index contributed by atoms with van der Waals surface area (Å²) in [5.41, 5.74) is 0. The van der Waals surface area contributed by atoms with Gasteiger partial charge in [0.25, 0.3) is 0 Å². The van der Waals surface area contributed by atoms with Crippen molar-refractivity contribution in [3.8, 4) is 0 Å². The van der Waals surface area contributed by atoms with Crippen molar-refractivity contribution < 1.29 is 8.42 Å². The first-order valence-electron chi connectivity index (χ1n) is 8.15. The maximum Gasteiger partial charge on any atom is 0.151 e. The van der Waals surface area contributed by atoms with Crippen LogP contribution in [-0.4, -0.2) is 56.5 Å². The summed E-state index contributed by atoms with van der Waals surface area (Å²) in [6, 6.07) is 0.905. The molecule has 0 bridgehead atoms. The minimum atomic E-state index is -2.89. The van der Waals surface area contributed by atoms with Crippen molar-refractivity contribution in [1.29, 1.82) is 0 Å². The SMILES string of the molecule is CC1CCCCN1CCCNC1CCCC1S(C)(=O)=O. The highest BCUT2D eigenvalue weighted by atomic mass is 32.2. The molecule has 0 spiro atoms. The summed E-state index contributed by atoms with van der Waals surface area (Å²) >= 11 is 0. The van der Waals surface area contributed by atoms with Crippen LogP contribution in [0.25, 0.3) is 0 Å². The van der Waals surface area contributed by atoms with E-state index < -0.39 is 9.84 Å². The molecule has 5 heteroatoms.